The normalized spacial score (nSPS) is 10.7. The number of nitrogens with zero attached hydrogens (tertiary/aromatic N) is 3. The number of alkyl halides is 1. The summed E-state index contributed by atoms with van der Waals surface area (Å²) in [6.45, 7) is 0. The third kappa shape index (κ3) is 1.83. The maximum atomic E-state index is 5.93. The zero-order chi connectivity index (χ0) is 12.4. The van der Waals surface area contributed by atoms with Gasteiger partial charge >= 0.3 is 0 Å². The molecule has 1 heterocycles. The van der Waals surface area contributed by atoms with E-state index in [1.54, 1.807) is 6.20 Å². The highest BCUT2D eigenvalue weighted by atomic mass is 35.5. The van der Waals surface area contributed by atoms with Crippen LogP contribution in [0.4, 0.5) is 0 Å². The van der Waals surface area contributed by atoms with E-state index in [4.69, 9.17) is 11.6 Å². The second kappa shape index (κ2) is 4.70. The summed E-state index contributed by atoms with van der Waals surface area (Å²) in [6.07, 6.45) is 1.66. The van der Waals surface area contributed by atoms with Gasteiger partial charge in [0.25, 0.3) is 0 Å². The first-order valence-electron chi connectivity index (χ1n) is 5.61. The van der Waals surface area contributed by atoms with Crippen LogP contribution in [0.15, 0.2) is 48.7 Å². The molecule has 18 heavy (non-hydrogen) atoms. The molecule has 0 amide bonds. The molecule has 2 aromatic carbocycles. The average Bonchev–Trinajstić information content (AvgIpc) is 2.46. The first-order valence-corrected chi connectivity index (χ1v) is 6.15. The van der Waals surface area contributed by atoms with Crippen LogP contribution in [0.1, 0.15) is 5.56 Å². The Morgan fingerprint density at radius 1 is 1.00 bits per heavy atom. The van der Waals surface area contributed by atoms with Gasteiger partial charge in [0.1, 0.15) is 5.69 Å². The highest BCUT2D eigenvalue weighted by Gasteiger charge is 2.09. The third-order valence-corrected chi connectivity index (χ3v) is 3.19. The van der Waals surface area contributed by atoms with Crippen molar-refractivity contribution < 1.29 is 0 Å². The van der Waals surface area contributed by atoms with E-state index in [0.717, 1.165) is 22.2 Å². The molecule has 0 unspecified atom stereocenters. The molecule has 3 rings (SSSR count). The molecular formula is C14H10ClN3. The Bertz CT molecular complexity index is 692. The molecule has 0 spiro atoms. The van der Waals surface area contributed by atoms with Crippen molar-refractivity contribution in [1.29, 1.82) is 0 Å². The monoisotopic (exact) mass is 255 g/mol. The zero-order valence-electron chi connectivity index (χ0n) is 9.55. The summed E-state index contributed by atoms with van der Waals surface area (Å²) in [5.41, 5.74) is 2.73. The molecule has 0 atom stereocenters. The lowest BCUT2D eigenvalue weighted by molar-refractivity contribution is 0.858. The molecule has 0 saturated heterocycles. The average molecular weight is 256 g/mol. The fourth-order valence-electron chi connectivity index (χ4n) is 2.05. The van der Waals surface area contributed by atoms with Crippen molar-refractivity contribution in [2.45, 2.75) is 5.88 Å². The van der Waals surface area contributed by atoms with Crippen LogP contribution in [0.3, 0.4) is 0 Å². The fourth-order valence-corrected chi connectivity index (χ4v) is 2.24. The van der Waals surface area contributed by atoms with Crippen molar-refractivity contribution in [2.24, 2.45) is 0 Å². The predicted molar refractivity (Wildman–Crippen MR) is 72.3 cm³/mol. The molecule has 3 nitrogen and oxygen atoms in total. The minimum Gasteiger partial charge on any atom is -0.138 e. The highest BCUT2D eigenvalue weighted by molar-refractivity contribution is 6.17. The van der Waals surface area contributed by atoms with Crippen LogP contribution in [0.25, 0.3) is 22.0 Å². The summed E-state index contributed by atoms with van der Waals surface area (Å²) >= 11 is 5.93. The van der Waals surface area contributed by atoms with Crippen molar-refractivity contribution in [3.05, 3.63) is 54.2 Å². The molecule has 0 saturated carbocycles. The molecule has 0 aliphatic carbocycles. The van der Waals surface area contributed by atoms with Crippen LogP contribution in [-0.4, -0.2) is 15.4 Å². The summed E-state index contributed by atoms with van der Waals surface area (Å²) in [5.74, 6) is 0.376. The van der Waals surface area contributed by atoms with Gasteiger partial charge in [-0.2, -0.15) is 0 Å². The van der Waals surface area contributed by atoms with Crippen LogP contribution < -0.4 is 0 Å². The molecule has 0 aliphatic rings. The van der Waals surface area contributed by atoms with Crippen molar-refractivity contribution >= 4 is 22.4 Å². The Balaban J connectivity index is 2.32. The van der Waals surface area contributed by atoms with Gasteiger partial charge < -0.3 is 0 Å². The molecule has 0 aliphatic heterocycles. The van der Waals surface area contributed by atoms with E-state index in [0.29, 0.717) is 5.88 Å². The van der Waals surface area contributed by atoms with Gasteiger partial charge in [0, 0.05) is 11.1 Å². The van der Waals surface area contributed by atoms with Gasteiger partial charge in [-0.1, -0.05) is 42.5 Å². The minimum absolute atomic E-state index is 0.376. The molecular weight excluding hydrogens is 246 g/mol. The molecule has 88 valence electrons. The van der Waals surface area contributed by atoms with Crippen molar-refractivity contribution in [2.75, 3.05) is 0 Å². The maximum Gasteiger partial charge on any atom is 0.101 e. The molecule has 4 heteroatoms. The number of halogens is 1. The number of hydrogen-bond acceptors (Lipinski definition) is 3. The zero-order valence-corrected chi connectivity index (χ0v) is 10.3. The number of rotatable bonds is 2. The van der Waals surface area contributed by atoms with E-state index in [2.05, 4.69) is 33.6 Å². The summed E-state index contributed by atoms with van der Waals surface area (Å²) in [7, 11) is 0. The Morgan fingerprint density at radius 3 is 2.72 bits per heavy atom. The van der Waals surface area contributed by atoms with E-state index in [9.17, 15) is 0 Å². The van der Waals surface area contributed by atoms with Crippen LogP contribution in [0.5, 0.6) is 0 Å². The summed E-state index contributed by atoms with van der Waals surface area (Å²) in [4.78, 5) is 0. The van der Waals surface area contributed by atoms with Gasteiger partial charge in [-0.05, 0) is 16.0 Å². The lowest BCUT2D eigenvalue weighted by atomic mass is 10.0. The van der Waals surface area contributed by atoms with E-state index < -0.39 is 0 Å². The van der Waals surface area contributed by atoms with Crippen molar-refractivity contribution in [3.63, 3.8) is 0 Å². The lowest BCUT2D eigenvalue weighted by Gasteiger charge is -2.07. The van der Waals surface area contributed by atoms with Gasteiger partial charge in [0.2, 0.25) is 0 Å². The molecule has 1 aromatic heterocycles. The second-order valence-corrected chi connectivity index (χ2v) is 4.24. The van der Waals surface area contributed by atoms with Gasteiger partial charge in [0.15, 0.2) is 0 Å². The van der Waals surface area contributed by atoms with E-state index >= 15 is 0 Å². The van der Waals surface area contributed by atoms with Crippen LogP contribution in [0, 0.1) is 0 Å². The summed E-state index contributed by atoms with van der Waals surface area (Å²) < 4.78 is 0. The Hall–Kier alpha value is -2.00. The maximum absolute atomic E-state index is 5.93. The Kier molecular flexibility index (Phi) is 2.90. The lowest BCUT2D eigenvalue weighted by Crippen LogP contribution is -1.96. The van der Waals surface area contributed by atoms with Crippen LogP contribution >= 0.6 is 11.6 Å². The molecule has 0 bridgehead atoms. The second-order valence-electron chi connectivity index (χ2n) is 3.97. The number of benzene rings is 2. The van der Waals surface area contributed by atoms with Gasteiger partial charge in [-0.15, -0.1) is 21.8 Å². The van der Waals surface area contributed by atoms with Gasteiger partial charge in [-0.3, -0.25) is 0 Å². The Labute approximate surface area is 109 Å². The van der Waals surface area contributed by atoms with Crippen molar-refractivity contribution in [1.82, 2.24) is 15.4 Å². The smallest absolute Gasteiger partial charge is 0.101 e. The summed E-state index contributed by atoms with van der Waals surface area (Å²) in [5, 5.41) is 13.9. The molecule has 0 fully saturated rings. The number of fused-ring (bicyclic) bond motifs is 1. The van der Waals surface area contributed by atoms with Gasteiger partial charge in [0.05, 0.1) is 12.1 Å². The summed E-state index contributed by atoms with van der Waals surface area (Å²) in [6, 6.07) is 14.3. The molecule has 0 N–H and O–H groups in total. The van der Waals surface area contributed by atoms with Gasteiger partial charge in [-0.25, -0.2) is 0 Å². The highest BCUT2D eigenvalue weighted by Crippen LogP contribution is 2.29. The fraction of sp³-hybridized carbons (Fsp3) is 0.0714. The quantitative estimate of drug-likeness (QED) is 0.659. The van der Waals surface area contributed by atoms with Crippen LogP contribution in [0.2, 0.25) is 0 Å². The van der Waals surface area contributed by atoms with E-state index in [-0.39, 0.29) is 0 Å². The molecule has 3 aromatic rings. The Morgan fingerprint density at radius 2 is 1.83 bits per heavy atom. The topological polar surface area (TPSA) is 38.7 Å². The minimum atomic E-state index is 0.376. The van der Waals surface area contributed by atoms with E-state index in [1.807, 2.05) is 24.3 Å². The van der Waals surface area contributed by atoms with E-state index in [1.165, 1.54) is 5.39 Å². The predicted octanol–water partition coefficient (Wildman–Crippen LogP) is 3.43. The molecule has 0 radical (unpaired) electrons. The number of hydrogen-bond donors (Lipinski definition) is 0. The first-order chi connectivity index (χ1) is 8.90. The third-order valence-electron chi connectivity index (χ3n) is 2.90. The first kappa shape index (κ1) is 11.1. The van der Waals surface area contributed by atoms with Crippen LogP contribution in [-0.2, 0) is 5.88 Å². The van der Waals surface area contributed by atoms with Crippen molar-refractivity contribution in [3.8, 4) is 11.3 Å². The largest absolute Gasteiger partial charge is 0.138 e. The standard InChI is InChI=1S/C14H10ClN3/c15-8-11-9-16-18-17-14(11)13-7-3-5-10-4-1-2-6-12(10)13/h1-7,9H,8H2. The number of aromatic nitrogens is 3. The SMILES string of the molecule is ClCc1cnnnc1-c1cccc2ccccc12.